The molecule has 3 unspecified atom stereocenters. The Morgan fingerprint density at radius 1 is 1.28 bits per heavy atom. The molecule has 5 nitrogen and oxygen atoms in total. The van der Waals surface area contributed by atoms with Crippen LogP contribution < -0.4 is 4.74 Å². The molecule has 0 radical (unpaired) electrons. The first-order chi connectivity index (χ1) is 12.1. The number of amides is 1. The van der Waals surface area contributed by atoms with Crippen molar-refractivity contribution in [3.8, 4) is 5.75 Å². The van der Waals surface area contributed by atoms with Gasteiger partial charge in [-0.25, -0.2) is 0 Å². The lowest BCUT2D eigenvalue weighted by Crippen LogP contribution is -2.39. The molecule has 2 heterocycles. The van der Waals surface area contributed by atoms with Gasteiger partial charge in [-0.2, -0.15) is 0 Å². The van der Waals surface area contributed by atoms with Crippen molar-refractivity contribution in [2.45, 2.75) is 45.3 Å². The second kappa shape index (κ2) is 8.19. The van der Waals surface area contributed by atoms with Gasteiger partial charge >= 0.3 is 0 Å². The number of carbonyl (C=O) groups excluding carboxylic acids is 1. The Bertz CT molecular complexity index is 573. The van der Waals surface area contributed by atoms with Gasteiger partial charge < -0.3 is 14.7 Å². The van der Waals surface area contributed by atoms with Gasteiger partial charge in [-0.3, -0.25) is 9.69 Å². The Hall–Kier alpha value is -1.59. The number of benzene rings is 1. The number of ether oxygens (including phenoxy) is 1. The number of aliphatic hydroxyl groups is 1. The van der Waals surface area contributed by atoms with Crippen molar-refractivity contribution in [3.63, 3.8) is 0 Å². The maximum atomic E-state index is 12.8. The van der Waals surface area contributed by atoms with E-state index in [0.29, 0.717) is 19.1 Å². The maximum absolute atomic E-state index is 12.8. The van der Waals surface area contributed by atoms with Crippen molar-refractivity contribution in [1.82, 2.24) is 9.80 Å². The molecular formula is C20H30N2O3. The van der Waals surface area contributed by atoms with Gasteiger partial charge in [-0.05, 0) is 63.3 Å². The molecule has 3 atom stereocenters. The van der Waals surface area contributed by atoms with Crippen LogP contribution in [0.4, 0.5) is 0 Å². The number of hydrogen-bond donors (Lipinski definition) is 1. The van der Waals surface area contributed by atoms with Gasteiger partial charge in [0.25, 0.3) is 0 Å². The van der Waals surface area contributed by atoms with E-state index in [0.717, 1.165) is 44.6 Å². The lowest BCUT2D eigenvalue weighted by molar-refractivity contribution is -0.133. The van der Waals surface area contributed by atoms with Crippen LogP contribution in [0.15, 0.2) is 24.3 Å². The Labute approximate surface area is 150 Å². The quantitative estimate of drug-likeness (QED) is 0.860. The third-order valence-corrected chi connectivity index (χ3v) is 5.50. The molecule has 1 aromatic rings. The Morgan fingerprint density at radius 3 is 2.68 bits per heavy atom. The minimum absolute atomic E-state index is 0.179. The van der Waals surface area contributed by atoms with E-state index in [1.54, 1.807) is 0 Å². The van der Waals surface area contributed by atoms with Crippen LogP contribution in [0.25, 0.3) is 0 Å². The number of likely N-dealkylation sites (tertiary alicyclic amines) is 2. The number of nitrogens with zero attached hydrogens (tertiary/aromatic N) is 2. The molecule has 138 valence electrons. The van der Waals surface area contributed by atoms with Crippen molar-refractivity contribution >= 4 is 5.91 Å². The Balaban J connectivity index is 1.60. The van der Waals surface area contributed by atoms with Crippen LogP contribution in [0.2, 0.25) is 0 Å². The molecule has 0 bridgehead atoms. The SMILES string of the molecule is CCOc1ccc(C2CCCN2C(=O)CN2CCC(C(C)O)C2)cc1. The molecule has 1 amide bonds. The highest BCUT2D eigenvalue weighted by Crippen LogP contribution is 2.33. The highest BCUT2D eigenvalue weighted by molar-refractivity contribution is 5.79. The monoisotopic (exact) mass is 346 g/mol. The van der Waals surface area contributed by atoms with E-state index >= 15 is 0 Å². The minimum Gasteiger partial charge on any atom is -0.494 e. The summed E-state index contributed by atoms with van der Waals surface area (Å²) < 4.78 is 5.51. The highest BCUT2D eigenvalue weighted by Gasteiger charge is 2.33. The predicted molar refractivity (Wildman–Crippen MR) is 97.5 cm³/mol. The van der Waals surface area contributed by atoms with Gasteiger partial charge in [-0.15, -0.1) is 0 Å². The maximum Gasteiger partial charge on any atom is 0.237 e. The van der Waals surface area contributed by atoms with Gasteiger partial charge in [-0.1, -0.05) is 12.1 Å². The van der Waals surface area contributed by atoms with Crippen LogP contribution in [0.1, 0.15) is 44.7 Å². The highest BCUT2D eigenvalue weighted by atomic mass is 16.5. The van der Waals surface area contributed by atoms with Gasteiger partial charge in [0.1, 0.15) is 5.75 Å². The molecule has 1 N–H and O–H groups in total. The fraction of sp³-hybridized carbons (Fsp3) is 0.650. The van der Waals surface area contributed by atoms with Crippen LogP contribution in [-0.2, 0) is 4.79 Å². The Morgan fingerprint density at radius 2 is 2.04 bits per heavy atom. The van der Waals surface area contributed by atoms with Gasteiger partial charge in [0.05, 0.1) is 25.3 Å². The zero-order chi connectivity index (χ0) is 17.8. The van der Waals surface area contributed by atoms with Crippen molar-refractivity contribution in [2.75, 3.05) is 32.8 Å². The molecule has 5 heteroatoms. The zero-order valence-corrected chi connectivity index (χ0v) is 15.4. The summed E-state index contributed by atoms with van der Waals surface area (Å²) in [7, 11) is 0. The van der Waals surface area contributed by atoms with Crippen LogP contribution in [-0.4, -0.2) is 59.7 Å². The third-order valence-electron chi connectivity index (χ3n) is 5.50. The largest absolute Gasteiger partial charge is 0.494 e. The van der Waals surface area contributed by atoms with E-state index in [1.165, 1.54) is 5.56 Å². The summed E-state index contributed by atoms with van der Waals surface area (Å²) in [4.78, 5) is 17.0. The smallest absolute Gasteiger partial charge is 0.237 e. The molecule has 2 saturated heterocycles. The van der Waals surface area contributed by atoms with Gasteiger partial charge in [0.2, 0.25) is 5.91 Å². The van der Waals surface area contributed by atoms with E-state index in [9.17, 15) is 9.90 Å². The molecule has 2 aliphatic heterocycles. The van der Waals surface area contributed by atoms with E-state index < -0.39 is 0 Å². The van der Waals surface area contributed by atoms with Crippen LogP contribution in [0.5, 0.6) is 5.75 Å². The average molecular weight is 346 g/mol. The topological polar surface area (TPSA) is 53.0 Å². The van der Waals surface area contributed by atoms with Gasteiger partial charge in [0.15, 0.2) is 0 Å². The van der Waals surface area contributed by atoms with E-state index in [2.05, 4.69) is 17.0 Å². The average Bonchev–Trinajstić information content (AvgIpc) is 3.25. The summed E-state index contributed by atoms with van der Waals surface area (Å²) in [5.74, 6) is 1.39. The first-order valence-electron chi connectivity index (χ1n) is 9.51. The predicted octanol–water partition coefficient (Wildman–Crippen LogP) is 2.45. The lowest BCUT2D eigenvalue weighted by Gasteiger charge is -2.27. The van der Waals surface area contributed by atoms with Crippen LogP contribution >= 0.6 is 0 Å². The summed E-state index contributed by atoms with van der Waals surface area (Å²) in [5, 5.41) is 9.73. The number of hydrogen-bond acceptors (Lipinski definition) is 4. The standard InChI is InChI=1S/C20H30N2O3/c1-3-25-18-8-6-16(7-9-18)19-5-4-11-22(19)20(24)14-21-12-10-17(13-21)15(2)23/h6-9,15,17,19,23H,3-5,10-14H2,1-2H3. The molecule has 0 aromatic heterocycles. The summed E-state index contributed by atoms with van der Waals surface area (Å²) in [6.07, 6.45) is 2.77. The molecule has 1 aromatic carbocycles. The summed E-state index contributed by atoms with van der Waals surface area (Å²) >= 11 is 0. The van der Waals surface area contributed by atoms with Crippen molar-refractivity contribution in [2.24, 2.45) is 5.92 Å². The molecule has 25 heavy (non-hydrogen) atoms. The minimum atomic E-state index is -0.288. The van der Waals surface area contributed by atoms with Crippen molar-refractivity contribution in [3.05, 3.63) is 29.8 Å². The van der Waals surface area contributed by atoms with E-state index in [4.69, 9.17) is 4.74 Å². The fourth-order valence-electron chi connectivity index (χ4n) is 4.05. The van der Waals surface area contributed by atoms with Crippen molar-refractivity contribution in [1.29, 1.82) is 0 Å². The van der Waals surface area contributed by atoms with Crippen molar-refractivity contribution < 1.29 is 14.6 Å². The molecular weight excluding hydrogens is 316 g/mol. The molecule has 0 aliphatic carbocycles. The van der Waals surface area contributed by atoms with E-state index in [-0.39, 0.29) is 18.1 Å². The molecule has 2 aliphatic rings. The number of rotatable bonds is 6. The molecule has 3 rings (SSSR count). The van der Waals surface area contributed by atoms with Crippen LogP contribution in [0, 0.1) is 5.92 Å². The molecule has 2 fully saturated rings. The first-order valence-corrected chi connectivity index (χ1v) is 9.51. The molecule has 0 spiro atoms. The second-order valence-electron chi connectivity index (χ2n) is 7.27. The van der Waals surface area contributed by atoms with E-state index in [1.807, 2.05) is 30.9 Å². The lowest BCUT2D eigenvalue weighted by atomic mass is 10.0. The number of carbonyl (C=O) groups is 1. The molecule has 0 saturated carbocycles. The number of aliphatic hydroxyl groups excluding tert-OH is 1. The summed E-state index contributed by atoms with van der Waals surface area (Å²) in [5.41, 5.74) is 1.19. The van der Waals surface area contributed by atoms with Gasteiger partial charge in [0, 0.05) is 13.1 Å². The normalized spacial score (nSPS) is 25.3. The second-order valence-corrected chi connectivity index (χ2v) is 7.27. The summed E-state index contributed by atoms with van der Waals surface area (Å²) in [6, 6.07) is 8.33. The fourth-order valence-corrected chi connectivity index (χ4v) is 4.05. The zero-order valence-electron chi connectivity index (χ0n) is 15.4. The Kier molecular flexibility index (Phi) is 5.97. The van der Waals surface area contributed by atoms with Crippen LogP contribution in [0.3, 0.4) is 0 Å². The third kappa shape index (κ3) is 4.33. The summed E-state index contributed by atoms with van der Waals surface area (Å²) in [6.45, 7) is 7.52. The first kappa shape index (κ1) is 18.2.